The number of aromatic nitrogens is 4. The van der Waals surface area contributed by atoms with Crippen LogP contribution in [0.5, 0.6) is 23.0 Å². The second-order valence-corrected chi connectivity index (χ2v) is 10.6. The highest BCUT2D eigenvalue weighted by molar-refractivity contribution is 6.03. The van der Waals surface area contributed by atoms with E-state index in [0.717, 1.165) is 24.8 Å². The molecule has 0 atom stereocenters. The standard InChI is InChI=1S/C34H33N5O6/c1-4-21-5-7-22(8-6-21)26-19-39(23-10-13-44-14-11-23)20-27(32(26)40)33(41)38-34-36-17-24(18-37-34)45-29-9-12-35-28-16-31(43-3)30(42-2)15-25(28)29/h5-9,12,15-20,23H,4,10-11,13-14H2,1-3H3,(H,36,37,38,41). The highest BCUT2D eigenvalue weighted by Gasteiger charge is 2.22. The number of hydrogen-bond donors (Lipinski definition) is 1. The molecule has 2 aromatic carbocycles. The lowest BCUT2D eigenvalue weighted by Gasteiger charge is -2.26. The van der Waals surface area contributed by atoms with Crippen molar-refractivity contribution in [1.82, 2.24) is 19.5 Å². The minimum absolute atomic E-state index is 0.00937. The number of amides is 1. The van der Waals surface area contributed by atoms with Crippen molar-refractivity contribution >= 4 is 22.8 Å². The molecule has 3 aromatic heterocycles. The summed E-state index contributed by atoms with van der Waals surface area (Å²) in [6.07, 6.45) is 10.4. The fourth-order valence-corrected chi connectivity index (χ4v) is 5.34. The number of pyridine rings is 2. The third kappa shape index (κ3) is 6.34. The summed E-state index contributed by atoms with van der Waals surface area (Å²) < 4.78 is 24.4. The molecule has 1 aliphatic rings. The molecule has 1 fully saturated rings. The number of carbonyl (C=O) groups excluding carboxylic acids is 1. The maximum Gasteiger partial charge on any atom is 0.263 e. The number of carbonyl (C=O) groups is 1. The second-order valence-electron chi connectivity index (χ2n) is 10.6. The van der Waals surface area contributed by atoms with Crippen LogP contribution in [0.1, 0.15) is 41.7 Å². The molecular formula is C34H33N5O6. The van der Waals surface area contributed by atoms with Gasteiger partial charge in [0, 0.05) is 54.9 Å². The Morgan fingerprint density at radius 1 is 0.956 bits per heavy atom. The molecule has 1 N–H and O–H groups in total. The Labute approximate surface area is 259 Å². The van der Waals surface area contributed by atoms with Crippen molar-refractivity contribution < 1.29 is 23.7 Å². The molecule has 0 bridgehead atoms. The van der Waals surface area contributed by atoms with Gasteiger partial charge in [0.05, 0.1) is 32.1 Å². The van der Waals surface area contributed by atoms with Gasteiger partial charge in [-0.25, -0.2) is 9.97 Å². The normalized spacial score (nSPS) is 13.4. The van der Waals surface area contributed by atoms with Gasteiger partial charge in [-0.3, -0.25) is 19.9 Å². The fourth-order valence-electron chi connectivity index (χ4n) is 5.34. The van der Waals surface area contributed by atoms with Gasteiger partial charge in [0.1, 0.15) is 11.3 Å². The van der Waals surface area contributed by atoms with Gasteiger partial charge in [-0.05, 0) is 42.5 Å². The van der Waals surface area contributed by atoms with Crippen molar-refractivity contribution in [2.75, 3.05) is 32.8 Å². The first kappa shape index (κ1) is 29.8. The van der Waals surface area contributed by atoms with Crippen molar-refractivity contribution in [3.8, 4) is 34.1 Å². The fraction of sp³-hybridized carbons (Fsp3) is 0.265. The molecule has 5 aromatic rings. The second kappa shape index (κ2) is 13.1. The monoisotopic (exact) mass is 607 g/mol. The number of hydrogen-bond acceptors (Lipinski definition) is 9. The number of aryl methyl sites for hydroxylation is 1. The number of fused-ring (bicyclic) bond motifs is 1. The molecule has 45 heavy (non-hydrogen) atoms. The SMILES string of the molecule is CCc1ccc(-c2cn(C3CCOCC3)cc(C(=O)Nc3ncc(Oc4ccnc5cc(OC)c(OC)cc45)cn3)c2=O)cc1. The Morgan fingerprint density at radius 2 is 1.67 bits per heavy atom. The van der Waals surface area contributed by atoms with Crippen molar-refractivity contribution in [3.05, 3.63) is 94.8 Å². The Kier molecular flexibility index (Phi) is 8.70. The molecule has 11 heteroatoms. The predicted molar refractivity (Wildman–Crippen MR) is 170 cm³/mol. The summed E-state index contributed by atoms with van der Waals surface area (Å²) in [5.41, 5.74) is 2.68. The summed E-state index contributed by atoms with van der Waals surface area (Å²) in [7, 11) is 3.12. The Hall–Kier alpha value is -5.29. The molecule has 1 saturated heterocycles. The summed E-state index contributed by atoms with van der Waals surface area (Å²) in [4.78, 5) is 40.1. The van der Waals surface area contributed by atoms with Crippen molar-refractivity contribution in [2.24, 2.45) is 0 Å². The number of nitrogens with one attached hydrogen (secondary N) is 1. The lowest BCUT2D eigenvalue weighted by atomic mass is 10.0. The van der Waals surface area contributed by atoms with Gasteiger partial charge >= 0.3 is 0 Å². The molecule has 0 unspecified atom stereocenters. The van der Waals surface area contributed by atoms with Crippen LogP contribution in [0.15, 0.2) is 78.2 Å². The van der Waals surface area contributed by atoms with E-state index in [1.54, 1.807) is 44.8 Å². The van der Waals surface area contributed by atoms with Crippen LogP contribution in [-0.2, 0) is 11.2 Å². The summed E-state index contributed by atoms with van der Waals surface area (Å²) >= 11 is 0. The maximum absolute atomic E-state index is 13.7. The van der Waals surface area contributed by atoms with E-state index in [2.05, 4.69) is 27.2 Å². The zero-order chi connectivity index (χ0) is 31.3. The topological polar surface area (TPSA) is 127 Å². The highest BCUT2D eigenvalue weighted by Crippen LogP contribution is 2.36. The first-order valence-electron chi connectivity index (χ1n) is 14.7. The number of rotatable bonds is 9. The zero-order valence-corrected chi connectivity index (χ0v) is 25.3. The number of anilines is 1. The first-order chi connectivity index (χ1) is 22.0. The highest BCUT2D eigenvalue weighted by atomic mass is 16.5. The van der Waals surface area contributed by atoms with E-state index >= 15 is 0 Å². The number of benzene rings is 2. The lowest BCUT2D eigenvalue weighted by molar-refractivity contribution is 0.0694. The minimum atomic E-state index is -0.595. The molecule has 1 amide bonds. The van der Waals surface area contributed by atoms with Crippen LogP contribution < -0.4 is 25.0 Å². The van der Waals surface area contributed by atoms with E-state index in [9.17, 15) is 9.59 Å². The molecule has 0 radical (unpaired) electrons. The van der Waals surface area contributed by atoms with E-state index in [0.29, 0.717) is 52.7 Å². The van der Waals surface area contributed by atoms with Gasteiger partial charge < -0.3 is 23.5 Å². The Morgan fingerprint density at radius 3 is 2.36 bits per heavy atom. The smallest absolute Gasteiger partial charge is 0.263 e. The van der Waals surface area contributed by atoms with E-state index in [4.69, 9.17) is 18.9 Å². The van der Waals surface area contributed by atoms with E-state index in [-0.39, 0.29) is 23.0 Å². The Bertz CT molecular complexity index is 1880. The summed E-state index contributed by atoms with van der Waals surface area (Å²) in [5.74, 6) is 1.39. The molecule has 0 saturated carbocycles. The van der Waals surface area contributed by atoms with Gasteiger partial charge in [-0.15, -0.1) is 0 Å². The summed E-state index contributed by atoms with van der Waals surface area (Å²) in [6, 6.07) is 13.2. The number of nitrogens with zero attached hydrogens (tertiary/aromatic N) is 4. The zero-order valence-electron chi connectivity index (χ0n) is 25.3. The van der Waals surface area contributed by atoms with E-state index in [1.165, 1.54) is 18.0 Å². The van der Waals surface area contributed by atoms with Gasteiger partial charge in [-0.2, -0.15) is 0 Å². The van der Waals surface area contributed by atoms with Gasteiger partial charge in [0.15, 0.2) is 17.2 Å². The number of ether oxygens (including phenoxy) is 4. The van der Waals surface area contributed by atoms with Gasteiger partial charge in [0.2, 0.25) is 11.4 Å². The van der Waals surface area contributed by atoms with Gasteiger partial charge in [0.25, 0.3) is 5.91 Å². The maximum atomic E-state index is 13.7. The van der Waals surface area contributed by atoms with Crippen LogP contribution >= 0.6 is 0 Å². The van der Waals surface area contributed by atoms with Crippen molar-refractivity contribution in [1.29, 1.82) is 0 Å². The van der Waals surface area contributed by atoms with Gasteiger partial charge in [-0.1, -0.05) is 31.2 Å². The van der Waals surface area contributed by atoms with Crippen LogP contribution in [-0.4, -0.2) is 52.9 Å². The average molecular weight is 608 g/mol. The third-order valence-electron chi connectivity index (χ3n) is 7.86. The number of methoxy groups -OCH3 is 2. The predicted octanol–water partition coefficient (Wildman–Crippen LogP) is 5.83. The quantitative estimate of drug-likeness (QED) is 0.220. The van der Waals surface area contributed by atoms with E-state index < -0.39 is 5.91 Å². The van der Waals surface area contributed by atoms with E-state index in [1.807, 2.05) is 35.0 Å². The molecule has 6 rings (SSSR count). The van der Waals surface area contributed by atoms with Crippen LogP contribution in [0, 0.1) is 0 Å². The van der Waals surface area contributed by atoms with Crippen LogP contribution in [0.3, 0.4) is 0 Å². The lowest BCUT2D eigenvalue weighted by Crippen LogP contribution is -2.27. The molecule has 230 valence electrons. The van der Waals surface area contributed by atoms with Crippen LogP contribution in [0.25, 0.3) is 22.0 Å². The summed E-state index contributed by atoms with van der Waals surface area (Å²) in [6.45, 7) is 3.32. The molecule has 4 heterocycles. The largest absolute Gasteiger partial charge is 0.493 e. The minimum Gasteiger partial charge on any atom is -0.493 e. The molecule has 11 nitrogen and oxygen atoms in total. The van der Waals surface area contributed by atoms with Crippen molar-refractivity contribution in [2.45, 2.75) is 32.2 Å². The molecular weight excluding hydrogens is 574 g/mol. The first-order valence-corrected chi connectivity index (χ1v) is 14.7. The summed E-state index contributed by atoms with van der Waals surface area (Å²) in [5, 5.41) is 3.39. The van der Waals surface area contributed by atoms with Crippen LogP contribution in [0.4, 0.5) is 5.95 Å². The molecule has 0 aliphatic carbocycles. The molecule has 1 aliphatic heterocycles. The third-order valence-corrected chi connectivity index (χ3v) is 7.86. The average Bonchev–Trinajstić information content (AvgIpc) is 3.09. The van der Waals surface area contributed by atoms with Crippen molar-refractivity contribution in [3.63, 3.8) is 0 Å². The molecule has 0 spiro atoms. The van der Waals surface area contributed by atoms with Crippen LogP contribution in [0.2, 0.25) is 0 Å². The Balaban J connectivity index is 1.26.